The number of hydrogen-bond acceptors (Lipinski definition) is 4. The number of hydrogen-bond donors (Lipinski definition) is 0. The minimum atomic E-state index is -0.295. The first kappa shape index (κ1) is 19.6. The fourth-order valence-corrected chi connectivity index (χ4v) is 5.77. The molecule has 5 rings (SSSR count). The van der Waals surface area contributed by atoms with Crippen molar-refractivity contribution < 1.29 is 9.18 Å². The van der Waals surface area contributed by atoms with Gasteiger partial charge in [-0.25, -0.2) is 4.39 Å². The molecular formula is C25H25FN2OS. The van der Waals surface area contributed by atoms with Crippen LogP contribution in [0.1, 0.15) is 29.6 Å². The average molecular weight is 421 g/mol. The fraction of sp³-hybridized carbons (Fsp3) is 0.320. The number of piperidine rings is 1. The standard InChI is InChI=1S/C25H25FN2OS/c26-21-10-8-19(9-11-21)25(29)20-12-16-27(17-13-20)14-3-15-28-22-6-1-4-18-5-2-7-23(30-28)24(18)22/h1-2,4-11,20H,3,12-17H2. The first-order valence-corrected chi connectivity index (χ1v) is 11.5. The smallest absolute Gasteiger partial charge is 0.166 e. The van der Waals surface area contributed by atoms with Crippen LogP contribution in [-0.4, -0.2) is 36.9 Å². The molecule has 154 valence electrons. The van der Waals surface area contributed by atoms with Gasteiger partial charge in [-0.1, -0.05) is 24.3 Å². The summed E-state index contributed by atoms with van der Waals surface area (Å²) in [4.78, 5) is 16.5. The first-order valence-electron chi connectivity index (χ1n) is 10.7. The summed E-state index contributed by atoms with van der Waals surface area (Å²) >= 11 is 1.85. The predicted molar refractivity (Wildman–Crippen MR) is 122 cm³/mol. The zero-order valence-corrected chi connectivity index (χ0v) is 17.7. The zero-order chi connectivity index (χ0) is 20.5. The van der Waals surface area contributed by atoms with Crippen molar-refractivity contribution >= 4 is 34.2 Å². The monoisotopic (exact) mass is 420 g/mol. The number of rotatable bonds is 6. The molecule has 30 heavy (non-hydrogen) atoms. The molecule has 0 spiro atoms. The first-order chi connectivity index (χ1) is 14.7. The molecule has 0 unspecified atom stereocenters. The van der Waals surface area contributed by atoms with Crippen LogP contribution in [0.15, 0.2) is 65.6 Å². The largest absolute Gasteiger partial charge is 0.311 e. The van der Waals surface area contributed by atoms with E-state index in [0.717, 1.165) is 45.4 Å². The highest BCUT2D eigenvalue weighted by molar-refractivity contribution is 8.01. The molecule has 0 aliphatic carbocycles. The van der Waals surface area contributed by atoms with E-state index in [4.69, 9.17) is 0 Å². The van der Waals surface area contributed by atoms with Crippen LogP contribution in [0.5, 0.6) is 0 Å². The molecule has 2 heterocycles. The molecule has 5 heteroatoms. The zero-order valence-electron chi connectivity index (χ0n) is 16.9. The van der Waals surface area contributed by atoms with E-state index in [1.165, 1.54) is 33.5 Å². The maximum Gasteiger partial charge on any atom is 0.166 e. The van der Waals surface area contributed by atoms with Gasteiger partial charge in [-0.05, 0) is 92.6 Å². The Kier molecular flexibility index (Phi) is 5.48. The van der Waals surface area contributed by atoms with Crippen molar-refractivity contribution in [1.82, 2.24) is 4.90 Å². The summed E-state index contributed by atoms with van der Waals surface area (Å²) in [6, 6.07) is 19.0. The van der Waals surface area contributed by atoms with Crippen molar-refractivity contribution in [3.05, 3.63) is 72.0 Å². The third-order valence-corrected chi connectivity index (χ3v) is 7.38. The van der Waals surface area contributed by atoms with Crippen LogP contribution < -0.4 is 4.31 Å². The number of anilines is 1. The van der Waals surface area contributed by atoms with Gasteiger partial charge in [-0.15, -0.1) is 0 Å². The lowest BCUT2D eigenvalue weighted by Gasteiger charge is -2.31. The Bertz CT molecular complexity index is 1060. The Labute approximate surface area is 181 Å². The van der Waals surface area contributed by atoms with Crippen molar-refractivity contribution in [2.45, 2.75) is 24.2 Å². The minimum Gasteiger partial charge on any atom is -0.311 e. The molecule has 0 atom stereocenters. The quantitative estimate of drug-likeness (QED) is 0.372. The van der Waals surface area contributed by atoms with Gasteiger partial charge in [0.2, 0.25) is 0 Å². The SMILES string of the molecule is O=C(c1ccc(F)cc1)C1CCN(CCCN2Sc3cccc4cccc2c34)CC1. The highest BCUT2D eigenvalue weighted by Crippen LogP contribution is 2.45. The molecular weight excluding hydrogens is 395 g/mol. The van der Waals surface area contributed by atoms with Crippen LogP contribution in [0.2, 0.25) is 0 Å². The van der Waals surface area contributed by atoms with Gasteiger partial charge in [-0.2, -0.15) is 0 Å². The van der Waals surface area contributed by atoms with Gasteiger partial charge >= 0.3 is 0 Å². The molecule has 2 aliphatic heterocycles. The lowest BCUT2D eigenvalue weighted by atomic mass is 9.89. The van der Waals surface area contributed by atoms with E-state index in [1.807, 2.05) is 11.9 Å². The maximum absolute atomic E-state index is 13.1. The fourth-order valence-electron chi connectivity index (χ4n) is 4.61. The number of carbonyl (C=O) groups is 1. The lowest BCUT2D eigenvalue weighted by molar-refractivity contribution is 0.0840. The summed E-state index contributed by atoms with van der Waals surface area (Å²) in [5.41, 5.74) is 1.96. The molecule has 3 nitrogen and oxygen atoms in total. The molecule has 2 aliphatic rings. The van der Waals surface area contributed by atoms with Crippen molar-refractivity contribution in [1.29, 1.82) is 0 Å². The number of carbonyl (C=O) groups excluding carboxylic acids is 1. The van der Waals surface area contributed by atoms with Crippen LogP contribution in [0, 0.1) is 11.7 Å². The van der Waals surface area contributed by atoms with Gasteiger partial charge in [0.15, 0.2) is 5.78 Å². The van der Waals surface area contributed by atoms with Crippen molar-refractivity contribution in [2.75, 3.05) is 30.5 Å². The molecule has 0 radical (unpaired) electrons. The molecule has 1 fully saturated rings. The number of ketones is 1. The average Bonchev–Trinajstić information content (AvgIpc) is 3.14. The van der Waals surface area contributed by atoms with Crippen molar-refractivity contribution in [2.24, 2.45) is 5.92 Å². The van der Waals surface area contributed by atoms with Crippen LogP contribution in [0.4, 0.5) is 10.1 Å². The second-order valence-corrected chi connectivity index (χ2v) is 9.23. The lowest BCUT2D eigenvalue weighted by Crippen LogP contribution is -2.37. The highest BCUT2D eigenvalue weighted by Gasteiger charge is 2.26. The predicted octanol–water partition coefficient (Wildman–Crippen LogP) is 5.79. The summed E-state index contributed by atoms with van der Waals surface area (Å²) in [5, 5.41) is 2.69. The Balaban J connectivity index is 1.11. The third kappa shape index (κ3) is 3.84. The number of Topliss-reactive ketones (excluding diaryl/α,β-unsaturated/α-hetero) is 1. The number of nitrogens with zero attached hydrogens (tertiary/aromatic N) is 2. The van der Waals surface area contributed by atoms with Crippen LogP contribution in [-0.2, 0) is 0 Å². The molecule has 0 saturated carbocycles. The molecule has 0 N–H and O–H groups in total. The van der Waals surface area contributed by atoms with Gasteiger partial charge in [0.1, 0.15) is 5.82 Å². The molecule has 0 amide bonds. The van der Waals surface area contributed by atoms with Gasteiger partial charge in [0, 0.05) is 28.3 Å². The minimum absolute atomic E-state index is 0.0629. The van der Waals surface area contributed by atoms with Gasteiger partial charge < -0.3 is 9.21 Å². The Hall–Kier alpha value is -2.37. The Morgan fingerprint density at radius 1 is 0.967 bits per heavy atom. The van der Waals surface area contributed by atoms with Crippen LogP contribution in [0.3, 0.4) is 0 Å². The second-order valence-electron chi connectivity index (χ2n) is 8.17. The summed E-state index contributed by atoms with van der Waals surface area (Å²) in [7, 11) is 0. The molecule has 0 aromatic heterocycles. The molecule has 3 aromatic carbocycles. The van der Waals surface area contributed by atoms with Crippen LogP contribution >= 0.6 is 11.9 Å². The van der Waals surface area contributed by atoms with Crippen LogP contribution in [0.25, 0.3) is 10.8 Å². The number of halogens is 1. The summed E-state index contributed by atoms with van der Waals surface area (Å²) in [6.07, 6.45) is 2.88. The Morgan fingerprint density at radius 2 is 1.70 bits per heavy atom. The molecule has 1 saturated heterocycles. The van der Waals surface area contributed by atoms with E-state index in [-0.39, 0.29) is 17.5 Å². The summed E-state index contributed by atoms with van der Waals surface area (Å²) in [5.74, 6) is -0.0706. The van der Waals surface area contributed by atoms with E-state index in [1.54, 1.807) is 12.1 Å². The third-order valence-electron chi connectivity index (χ3n) is 6.24. The molecule has 3 aromatic rings. The number of benzene rings is 3. The van der Waals surface area contributed by atoms with Gasteiger partial charge in [0.05, 0.1) is 5.69 Å². The Morgan fingerprint density at radius 3 is 2.47 bits per heavy atom. The van der Waals surface area contributed by atoms with Gasteiger partial charge in [0.25, 0.3) is 0 Å². The highest BCUT2D eigenvalue weighted by atomic mass is 32.2. The summed E-state index contributed by atoms with van der Waals surface area (Å²) < 4.78 is 15.5. The van der Waals surface area contributed by atoms with E-state index >= 15 is 0 Å². The second kappa shape index (κ2) is 8.40. The molecule has 0 bridgehead atoms. The topological polar surface area (TPSA) is 23.6 Å². The summed E-state index contributed by atoms with van der Waals surface area (Å²) in [6.45, 7) is 3.99. The number of likely N-dealkylation sites (tertiary alicyclic amines) is 1. The van der Waals surface area contributed by atoms with E-state index in [2.05, 4.69) is 45.6 Å². The van der Waals surface area contributed by atoms with Crippen molar-refractivity contribution in [3.8, 4) is 0 Å². The van der Waals surface area contributed by atoms with E-state index in [9.17, 15) is 9.18 Å². The van der Waals surface area contributed by atoms with Crippen molar-refractivity contribution in [3.63, 3.8) is 0 Å². The van der Waals surface area contributed by atoms with E-state index in [0.29, 0.717) is 5.56 Å². The van der Waals surface area contributed by atoms with Gasteiger partial charge in [-0.3, -0.25) is 4.79 Å². The normalized spacial score (nSPS) is 17.0. The maximum atomic E-state index is 13.1. The van der Waals surface area contributed by atoms with E-state index < -0.39 is 0 Å².